The summed E-state index contributed by atoms with van der Waals surface area (Å²) in [5.74, 6) is 0.324. The van der Waals surface area contributed by atoms with Crippen molar-refractivity contribution in [2.75, 3.05) is 0 Å². The van der Waals surface area contributed by atoms with Gasteiger partial charge in [0.15, 0.2) is 0 Å². The largest absolute Gasteiger partial charge is 0.431 e. The first-order chi connectivity index (χ1) is 13.5. The van der Waals surface area contributed by atoms with Crippen molar-refractivity contribution in [1.82, 2.24) is 10.3 Å². The molecule has 0 aliphatic rings. The van der Waals surface area contributed by atoms with Gasteiger partial charge in [0.05, 0.1) is 6.20 Å². The Morgan fingerprint density at radius 3 is 2.57 bits per heavy atom. The fourth-order valence-electron chi connectivity index (χ4n) is 2.92. The lowest BCUT2D eigenvalue weighted by Gasteiger charge is -2.16. The molecule has 1 N–H and O–H groups in total. The van der Waals surface area contributed by atoms with E-state index >= 15 is 0 Å². The van der Waals surface area contributed by atoms with Crippen LogP contribution in [0, 0.1) is 0 Å². The minimum atomic E-state index is -0.262. The number of amides is 1. The molecule has 5 heteroatoms. The molecule has 4 nitrogen and oxygen atoms in total. The molecule has 0 saturated carbocycles. The number of halogens is 1. The van der Waals surface area contributed by atoms with E-state index in [1.54, 1.807) is 6.92 Å². The molecular formula is C23H23ClN2O2. The van der Waals surface area contributed by atoms with Crippen LogP contribution in [0.3, 0.4) is 0 Å². The first-order valence-electron chi connectivity index (χ1n) is 9.23. The third-order valence-corrected chi connectivity index (χ3v) is 4.75. The van der Waals surface area contributed by atoms with E-state index in [-0.39, 0.29) is 17.7 Å². The van der Waals surface area contributed by atoms with Crippen molar-refractivity contribution >= 4 is 23.1 Å². The summed E-state index contributed by atoms with van der Waals surface area (Å²) in [6, 6.07) is 16.1. The van der Waals surface area contributed by atoms with Gasteiger partial charge in [0.25, 0.3) is 5.91 Å². The maximum Gasteiger partial charge on any atom is 0.288 e. The Hall–Kier alpha value is -2.85. The van der Waals surface area contributed by atoms with Crippen LogP contribution >= 0.6 is 11.6 Å². The zero-order valence-corrected chi connectivity index (χ0v) is 16.8. The van der Waals surface area contributed by atoms with Crippen molar-refractivity contribution in [3.8, 4) is 11.1 Å². The third-order valence-electron chi connectivity index (χ3n) is 4.52. The number of allylic oxidation sites excluding steroid dienone is 1. The number of carbonyl (C=O) groups is 1. The normalized spacial score (nSPS) is 11.8. The topological polar surface area (TPSA) is 55.1 Å². The highest BCUT2D eigenvalue weighted by Gasteiger charge is 2.17. The van der Waals surface area contributed by atoms with Crippen LogP contribution in [0.4, 0.5) is 0 Å². The van der Waals surface area contributed by atoms with Crippen LogP contribution in [0.25, 0.3) is 16.7 Å². The lowest BCUT2D eigenvalue weighted by molar-refractivity contribution is 0.0907. The summed E-state index contributed by atoms with van der Waals surface area (Å²) in [7, 11) is 0. The number of benzene rings is 2. The standard InChI is InChI=1S/C23H23ClN2O2/c1-4-20(26-22(27)21-14-25-23(28-21)15(2)3)12-16-8-10-17(11-9-16)18-6-5-7-19(24)13-18/h5-11,13-14,20H,2,4,12H2,1,3H3,(H,26,27). The maximum absolute atomic E-state index is 12.4. The van der Waals surface area contributed by atoms with Crippen LogP contribution in [0.1, 0.15) is 42.3 Å². The van der Waals surface area contributed by atoms with Crippen LogP contribution < -0.4 is 5.32 Å². The molecule has 1 unspecified atom stereocenters. The highest BCUT2D eigenvalue weighted by atomic mass is 35.5. The van der Waals surface area contributed by atoms with E-state index in [0.29, 0.717) is 11.5 Å². The van der Waals surface area contributed by atoms with Gasteiger partial charge in [-0.2, -0.15) is 0 Å². The highest BCUT2D eigenvalue weighted by Crippen LogP contribution is 2.23. The first kappa shape index (κ1) is 19.9. The van der Waals surface area contributed by atoms with Crippen LogP contribution in [0.2, 0.25) is 5.02 Å². The summed E-state index contributed by atoms with van der Waals surface area (Å²) in [6.45, 7) is 7.60. The molecule has 144 valence electrons. The number of nitrogens with zero attached hydrogens (tertiary/aromatic N) is 1. The van der Waals surface area contributed by atoms with E-state index in [1.807, 2.05) is 31.2 Å². The molecule has 2 aromatic carbocycles. The second-order valence-corrected chi connectivity index (χ2v) is 7.24. The van der Waals surface area contributed by atoms with Gasteiger partial charge in [-0.1, -0.05) is 61.5 Å². The summed E-state index contributed by atoms with van der Waals surface area (Å²) < 4.78 is 5.44. The Morgan fingerprint density at radius 2 is 1.96 bits per heavy atom. The monoisotopic (exact) mass is 394 g/mol. The quantitative estimate of drug-likeness (QED) is 0.552. The summed E-state index contributed by atoms with van der Waals surface area (Å²) in [4.78, 5) is 16.5. The minimum Gasteiger partial charge on any atom is -0.431 e. The number of nitrogens with one attached hydrogen (secondary N) is 1. The van der Waals surface area contributed by atoms with Gasteiger partial charge in [0, 0.05) is 16.6 Å². The Balaban J connectivity index is 1.65. The van der Waals surface area contributed by atoms with Gasteiger partial charge in [-0.05, 0) is 48.6 Å². The van der Waals surface area contributed by atoms with Crippen molar-refractivity contribution in [2.24, 2.45) is 0 Å². The van der Waals surface area contributed by atoms with E-state index in [4.69, 9.17) is 16.0 Å². The molecule has 0 fully saturated rings. The molecule has 3 aromatic rings. The number of hydrogen-bond acceptors (Lipinski definition) is 3. The second-order valence-electron chi connectivity index (χ2n) is 6.80. The molecule has 1 amide bonds. The Morgan fingerprint density at radius 1 is 1.21 bits per heavy atom. The van der Waals surface area contributed by atoms with E-state index in [0.717, 1.165) is 34.6 Å². The maximum atomic E-state index is 12.4. The van der Waals surface area contributed by atoms with Crippen molar-refractivity contribution in [2.45, 2.75) is 32.7 Å². The molecular weight excluding hydrogens is 372 g/mol. The first-order valence-corrected chi connectivity index (χ1v) is 9.61. The lowest BCUT2D eigenvalue weighted by atomic mass is 9.99. The van der Waals surface area contributed by atoms with Gasteiger partial charge in [-0.25, -0.2) is 4.98 Å². The predicted molar refractivity (Wildman–Crippen MR) is 113 cm³/mol. The van der Waals surface area contributed by atoms with Gasteiger partial charge >= 0.3 is 0 Å². The summed E-state index contributed by atoms with van der Waals surface area (Å²) >= 11 is 6.07. The number of oxazole rings is 1. The van der Waals surface area contributed by atoms with E-state index in [1.165, 1.54) is 6.20 Å². The van der Waals surface area contributed by atoms with E-state index < -0.39 is 0 Å². The van der Waals surface area contributed by atoms with Gasteiger partial charge < -0.3 is 9.73 Å². The fourth-order valence-corrected chi connectivity index (χ4v) is 3.11. The van der Waals surface area contributed by atoms with Gasteiger partial charge in [-0.15, -0.1) is 0 Å². The Kier molecular flexibility index (Phi) is 6.32. The third kappa shape index (κ3) is 4.90. The van der Waals surface area contributed by atoms with Crippen LogP contribution in [-0.2, 0) is 6.42 Å². The predicted octanol–water partition coefficient (Wildman–Crippen LogP) is 5.78. The SMILES string of the molecule is C=C(C)c1ncc(C(=O)NC(CC)Cc2ccc(-c3cccc(Cl)c3)cc2)o1. The molecule has 1 aromatic heterocycles. The second kappa shape index (κ2) is 8.89. The molecule has 0 spiro atoms. The zero-order valence-electron chi connectivity index (χ0n) is 16.0. The zero-order chi connectivity index (χ0) is 20.1. The molecule has 1 atom stereocenters. The van der Waals surface area contributed by atoms with Crippen molar-refractivity contribution in [3.05, 3.63) is 83.5 Å². The minimum absolute atomic E-state index is 0.00268. The van der Waals surface area contributed by atoms with Crippen molar-refractivity contribution < 1.29 is 9.21 Å². The molecule has 0 aliphatic heterocycles. The Bertz CT molecular complexity index is 976. The number of hydrogen-bond donors (Lipinski definition) is 1. The average Bonchev–Trinajstić information content (AvgIpc) is 3.19. The average molecular weight is 395 g/mol. The van der Waals surface area contributed by atoms with Crippen molar-refractivity contribution in [3.63, 3.8) is 0 Å². The smallest absolute Gasteiger partial charge is 0.288 e. The molecule has 0 saturated heterocycles. The fraction of sp³-hybridized carbons (Fsp3) is 0.217. The molecule has 0 bridgehead atoms. The lowest BCUT2D eigenvalue weighted by Crippen LogP contribution is -2.35. The van der Waals surface area contributed by atoms with Gasteiger partial charge in [-0.3, -0.25) is 4.79 Å². The molecule has 28 heavy (non-hydrogen) atoms. The molecule has 0 radical (unpaired) electrons. The van der Waals surface area contributed by atoms with Crippen LogP contribution in [0.15, 0.2) is 65.7 Å². The highest BCUT2D eigenvalue weighted by molar-refractivity contribution is 6.30. The molecule has 0 aliphatic carbocycles. The summed E-state index contributed by atoms with van der Waals surface area (Å²) in [6.07, 6.45) is 2.98. The van der Waals surface area contributed by atoms with Crippen molar-refractivity contribution in [1.29, 1.82) is 0 Å². The van der Waals surface area contributed by atoms with Crippen LogP contribution in [0.5, 0.6) is 0 Å². The summed E-state index contributed by atoms with van der Waals surface area (Å²) in [5.41, 5.74) is 4.03. The van der Waals surface area contributed by atoms with Gasteiger partial charge in [0.1, 0.15) is 0 Å². The molecule has 3 rings (SSSR count). The number of rotatable bonds is 7. The van der Waals surface area contributed by atoms with Gasteiger partial charge in [0.2, 0.25) is 11.7 Å². The number of carbonyl (C=O) groups excluding carboxylic acids is 1. The van der Waals surface area contributed by atoms with E-state index in [9.17, 15) is 4.79 Å². The number of aromatic nitrogens is 1. The Labute approximate surface area is 170 Å². The summed E-state index contributed by atoms with van der Waals surface area (Å²) in [5, 5.41) is 3.74. The van der Waals surface area contributed by atoms with E-state index in [2.05, 4.69) is 41.1 Å². The van der Waals surface area contributed by atoms with Crippen LogP contribution in [-0.4, -0.2) is 16.9 Å². The molecule has 1 heterocycles.